The van der Waals surface area contributed by atoms with Crippen LogP contribution in [-0.2, 0) is 4.79 Å². The topological polar surface area (TPSA) is 63.3 Å². The highest BCUT2D eigenvalue weighted by molar-refractivity contribution is 9.10. The van der Waals surface area contributed by atoms with Crippen LogP contribution < -0.4 is 5.73 Å². The fourth-order valence-corrected chi connectivity index (χ4v) is 1.98. The highest BCUT2D eigenvalue weighted by atomic mass is 79.9. The smallest absolute Gasteiger partial charge is 0.305 e. The van der Waals surface area contributed by atoms with Crippen LogP contribution in [0.5, 0.6) is 0 Å². The van der Waals surface area contributed by atoms with Gasteiger partial charge in [0, 0.05) is 15.5 Å². The summed E-state index contributed by atoms with van der Waals surface area (Å²) in [7, 11) is 0. The molecule has 0 saturated carbocycles. The molecule has 0 bridgehead atoms. The summed E-state index contributed by atoms with van der Waals surface area (Å²) in [6.45, 7) is 0. The number of carboxylic acids is 1. The van der Waals surface area contributed by atoms with Crippen LogP contribution in [0.4, 0.5) is 0 Å². The van der Waals surface area contributed by atoms with Crippen molar-refractivity contribution >= 4 is 33.5 Å². The first-order valence-corrected chi connectivity index (χ1v) is 5.09. The van der Waals surface area contributed by atoms with Crippen molar-refractivity contribution < 1.29 is 9.90 Å². The second-order valence-corrected chi connectivity index (χ2v) is 4.26. The largest absolute Gasteiger partial charge is 0.481 e. The molecule has 0 aliphatic carbocycles. The highest BCUT2D eigenvalue weighted by Crippen LogP contribution is 2.24. The van der Waals surface area contributed by atoms with Gasteiger partial charge in [-0.05, 0) is 23.8 Å². The van der Waals surface area contributed by atoms with Crippen LogP contribution in [-0.4, -0.2) is 11.1 Å². The number of rotatable bonds is 3. The van der Waals surface area contributed by atoms with Crippen molar-refractivity contribution in [2.24, 2.45) is 5.73 Å². The van der Waals surface area contributed by atoms with Crippen LogP contribution >= 0.6 is 27.5 Å². The number of hydrogen-bond donors (Lipinski definition) is 2. The van der Waals surface area contributed by atoms with Crippen molar-refractivity contribution in [1.82, 2.24) is 0 Å². The fraction of sp³-hybridized carbons (Fsp3) is 0.222. The lowest BCUT2D eigenvalue weighted by atomic mass is 10.1. The Labute approximate surface area is 95.0 Å². The predicted molar refractivity (Wildman–Crippen MR) is 58.3 cm³/mol. The van der Waals surface area contributed by atoms with E-state index in [0.717, 1.165) is 4.47 Å². The van der Waals surface area contributed by atoms with E-state index in [4.69, 9.17) is 22.4 Å². The molecular weight excluding hydrogens is 269 g/mol. The zero-order chi connectivity index (χ0) is 10.7. The van der Waals surface area contributed by atoms with Gasteiger partial charge in [0.2, 0.25) is 0 Å². The SMILES string of the molecule is N[C@@H](CC(=O)O)c1cc(Cl)cc(Br)c1. The molecule has 0 saturated heterocycles. The third-order valence-electron chi connectivity index (χ3n) is 1.71. The third kappa shape index (κ3) is 3.29. The number of aliphatic carboxylic acids is 1. The summed E-state index contributed by atoms with van der Waals surface area (Å²) < 4.78 is 0.792. The van der Waals surface area contributed by atoms with Crippen LogP contribution in [0.15, 0.2) is 22.7 Å². The first-order chi connectivity index (χ1) is 6.49. The van der Waals surface area contributed by atoms with Gasteiger partial charge in [-0.2, -0.15) is 0 Å². The third-order valence-corrected chi connectivity index (χ3v) is 2.38. The van der Waals surface area contributed by atoms with E-state index in [1.165, 1.54) is 0 Å². The van der Waals surface area contributed by atoms with Crippen LogP contribution in [0.2, 0.25) is 5.02 Å². The number of carbonyl (C=O) groups is 1. The van der Waals surface area contributed by atoms with Crippen molar-refractivity contribution in [3.63, 3.8) is 0 Å². The maximum atomic E-state index is 10.4. The summed E-state index contributed by atoms with van der Waals surface area (Å²) in [6.07, 6.45) is -0.104. The van der Waals surface area contributed by atoms with E-state index in [0.29, 0.717) is 10.6 Å². The van der Waals surface area contributed by atoms with E-state index in [9.17, 15) is 4.79 Å². The molecule has 3 N–H and O–H groups in total. The maximum Gasteiger partial charge on any atom is 0.305 e. The van der Waals surface area contributed by atoms with Crippen molar-refractivity contribution in [3.05, 3.63) is 33.3 Å². The van der Waals surface area contributed by atoms with Gasteiger partial charge in [0.15, 0.2) is 0 Å². The Kier molecular flexibility index (Phi) is 3.92. The van der Waals surface area contributed by atoms with E-state index in [1.807, 2.05) is 0 Å². The van der Waals surface area contributed by atoms with E-state index in [1.54, 1.807) is 18.2 Å². The van der Waals surface area contributed by atoms with Gasteiger partial charge in [0.05, 0.1) is 6.42 Å². The average molecular weight is 279 g/mol. The molecule has 0 heterocycles. The molecule has 0 aliphatic rings. The summed E-state index contributed by atoms with van der Waals surface area (Å²) >= 11 is 9.06. The number of hydrogen-bond acceptors (Lipinski definition) is 2. The number of carboxylic acid groups (broad SMARTS) is 1. The Balaban J connectivity index is 2.89. The minimum atomic E-state index is -0.923. The van der Waals surface area contributed by atoms with Gasteiger partial charge in [0.1, 0.15) is 0 Å². The Morgan fingerprint density at radius 1 is 1.57 bits per heavy atom. The standard InChI is InChI=1S/C9H9BrClNO2/c10-6-1-5(2-7(11)3-6)8(12)4-9(13)14/h1-3,8H,4,12H2,(H,13,14)/t8-/m0/s1. The van der Waals surface area contributed by atoms with Gasteiger partial charge < -0.3 is 10.8 Å². The van der Waals surface area contributed by atoms with Gasteiger partial charge in [-0.3, -0.25) is 4.79 Å². The van der Waals surface area contributed by atoms with Crippen LogP contribution in [0.25, 0.3) is 0 Å². The molecule has 0 fully saturated rings. The zero-order valence-corrected chi connectivity index (χ0v) is 9.55. The van der Waals surface area contributed by atoms with Gasteiger partial charge in [-0.25, -0.2) is 0 Å². The first kappa shape index (κ1) is 11.5. The van der Waals surface area contributed by atoms with E-state index in [2.05, 4.69) is 15.9 Å². The molecule has 0 aromatic heterocycles. The van der Waals surface area contributed by atoms with Gasteiger partial charge in [-0.15, -0.1) is 0 Å². The summed E-state index contributed by atoms with van der Waals surface area (Å²) in [6, 6.07) is 4.63. The molecule has 0 spiro atoms. The van der Waals surface area contributed by atoms with E-state index in [-0.39, 0.29) is 6.42 Å². The molecular formula is C9H9BrClNO2. The molecule has 3 nitrogen and oxygen atoms in total. The van der Waals surface area contributed by atoms with Gasteiger partial charge in [-0.1, -0.05) is 27.5 Å². The Bertz CT molecular complexity index is 336. The van der Waals surface area contributed by atoms with E-state index >= 15 is 0 Å². The van der Waals surface area contributed by atoms with Crippen molar-refractivity contribution in [2.45, 2.75) is 12.5 Å². The zero-order valence-electron chi connectivity index (χ0n) is 7.21. The molecule has 0 radical (unpaired) electrons. The van der Waals surface area contributed by atoms with Crippen molar-refractivity contribution in [1.29, 1.82) is 0 Å². The molecule has 5 heteroatoms. The summed E-state index contributed by atoms with van der Waals surface area (Å²) in [4.78, 5) is 10.4. The Morgan fingerprint density at radius 3 is 2.71 bits per heavy atom. The molecule has 0 aliphatic heterocycles. The molecule has 1 aromatic rings. The van der Waals surface area contributed by atoms with Crippen LogP contribution in [0.3, 0.4) is 0 Å². The molecule has 1 rings (SSSR count). The summed E-state index contributed by atoms with van der Waals surface area (Å²) in [5.41, 5.74) is 6.39. The second kappa shape index (κ2) is 4.77. The van der Waals surface area contributed by atoms with Crippen LogP contribution in [0.1, 0.15) is 18.0 Å². The number of nitrogens with two attached hydrogens (primary N) is 1. The number of halogens is 2. The normalized spacial score (nSPS) is 12.5. The highest BCUT2D eigenvalue weighted by Gasteiger charge is 2.11. The Morgan fingerprint density at radius 2 is 2.21 bits per heavy atom. The average Bonchev–Trinajstić information content (AvgIpc) is 2.00. The molecule has 76 valence electrons. The number of benzene rings is 1. The molecule has 0 amide bonds. The maximum absolute atomic E-state index is 10.4. The first-order valence-electron chi connectivity index (χ1n) is 3.92. The minimum absolute atomic E-state index is 0.104. The minimum Gasteiger partial charge on any atom is -0.481 e. The fourth-order valence-electron chi connectivity index (χ4n) is 1.10. The van der Waals surface area contributed by atoms with Crippen molar-refractivity contribution in [3.8, 4) is 0 Å². The van der Waals surface area contributed by atoms with E-state index < -0.39 is 12.0 Å². The molecule has 1 aromatic carbocycles. The molecule has 0 unspecified atom stereocenters. The van der Waals surface area contributed by atoms with Gasteiger partial charge >= 0.3 is 5.97 Å². The molecule has 14 heavy (non-hydrogen) atoms. The summed E-state index contributed by atoms with van der Waals surface area (Å²) in [5.74, 6) is -0.923. The lowest BCUT2D eigenvalue weighted by Gasteiger charge is -2.10. The quantitative estimate of drug-likeness (QED) is 0.893. The monoisotopic (exact) mass is 277 g/mol. The van der Waals surface area contributed by atoms with Crippen LogP contribution in [0, 0.1) is 0 Å². The Hall–Kier alpha value is -0.580. The lowest BCUT2D eigenvalue weighted by molar-refractivity contribution is -0.137. The second-order valence-electron chi connectivity index (χ2n) is 2.91. The van der Waals surface area contributed by atoms with Crippen molar-refractivity contribution in [2.75, 3.05) is 0 Å². The molecule has 1 atom stereocenters. The lowest BCUT2D eigenvalue weighted by Crippen LogP contribution is -2.14. The summed E-state index contributed by atoms with van der Waals surface area (Å²) in [5, 5.41) is 9.10. The van der Waals surface area contributed by atoms with Gasteiger partial charge in [0.25, 0.3) is 0 Å². The predicted octanol–water partition coefficient (Wildman–Crippen LogP) is 2.58.